The molecule has 22 heavy (non-hydrogen) atoms. The van der Waals surface area contributed by atoms with Gasteiger partial charge in [-0.2, -0.15) is 0 Å². The van der Waals surface area contributed by atoms with Crippen molar-refractivity contribution < 1.29 is 19.4 Å². The van der Waals surface area contributed by atoms with Crippen molar-refractivity contribution in [2.75, 3.05) is 19.7 Å². The van der Waals surface area contributed by atoms with E-state index >= 15 is 0 Å². The molecule has 0 radical (unpaired) electrons. The predicted molar refractivity (Wildman–Crippen MR) is 83.5 cm³/mol. The highest BCUT2D eigenvalue weighted by molar-refractivity contribution is 6.42. The lowest BCUT2D eigenvalue weighted by Gasteiger charge is -2.16. The summed E-state index contributed by atoms with van der Waals surface area (Å²) in [5, 5.41) is 9.70. The molecule has 0 spiro atoms. The molecule has 1 heterocycles. The van der Waals surface area contributed by atoms with Gasteiger partial charge in [0.05, 0.1) is 17.5 Å². The topological polar surface area (TPSA) is 66.8 Å². The van der Waals surface area contributed by atoms with Crippen molar-refractivity contribution >= 4 is 35.1 Å². The number of benzene rings is 1. The highest BCUT2D eigenvalue weighted by Crippen LogP contribution is 2.31. The van der Waals surface area contributed by atoms with Gasteiger partial charge in [-0.3, -0.25) is 9.59 Å². The van der Waals surface area contributed by atoms with Crippen molar-refractivity contribution in [3.05, 3.63) is 28.2 Å². The van der Waals surface area contributed by atoms with Crippen LogP contribution in [0.1, 0.15) is 19.3 Å². The van der Waals surface area contributed by atoms with E-state index in [9.17, 15) is 9.59 Å². The second-order valence-electron chi connectivity index (χ2n) is 5.17. The third kappa shape index (κ3) is 4.27. The first kappa shape index (κ1) is 16.9. The Morgan fingerprint density at radius 1 is 1.36 bits per heavy atom. The summed E-state index contributed by atoms with van der Waals surface area (Å²) in [4.78, 5) is 24.4. The van der Waals surface area contributed by atoms with Crippen molar-refractivity contribution in [3.63, 3.8) is 0 Å². The Bertz CT molecular complexity index is 564. The Hall–Kier alpha value is -1.46. The highest BCUT2D eigenvalue weighted by Gasteiger charge is 2.30. The summed E-state index contributed by atoms with van der Waals surface area (Å²) < 4.78 is 5.51. The number of hydrogen-bond donors (Lipinski definition) is 1. The van der Waals surface area contributed by atoms with Gasteiger partial charge in [-0.15, -0.1) is 0 Å². The number of likely N-dealkylation sites (tertiary alicyclic amines) is 1. The average Bonchev–Trinajstić information content (AvgIpc) is 2.97. The summed E-state index contributed by atoms with van der Waals surface area (Å²) in [6.45, 7) is 1.16. The Balaban J connectivity index is 1.72. The van der Waals surface area contributed by atoms with Crippen molar-refractivity contribution in [1.29, 1.82) is 0 Å². The molecule has 0 unspecified atom stereocenters. The molecule has 1 saturated heterocycles. The minimum absolute atomic E-state index is 0.0375. The number of nitrogens with zero attached hydrogens (tertiary/aromatic N) is 1. The third-order valence-electron chi connectivity index (χ3n) is 3.60. The van der Waals surface area contributed by atoms with Crippen LogP contribution in [0.3, 0.4) is 0 Å². The van der Waals surface area contributed by atoms with Crippen LogP contribution in [-0.4, -0.2) is 41.6 Å². The maximum atomic E-state index is 12.0. The molecule has 120 valence electrons. The van der Waals surface area contributed by atoms with Crippen LogP contribution >= 0.6 is 23.2 Å². The molecule has 1 amide bonds. The zero-order valence-electron chi connectivity index (χ0n) is 11.9. The molecule has 5 nitrogen and oxygen atoms in total. The van der Waals surface area contributed by atoms with Crippen LogP contribution in [0, 0.1) is 5.92 Å². The van der Waals surface area contributed by atoms with E-state index in [4.69, 9.17) is 33.0 Å². The average molecular weight is 346 g/mol. The zero-order chi connectivity index (χ0) is 16.1. The maximum absolute atomic E-state index is 12.0. The Labute approximate surface area is 138 Å². The summed E-state index contributed by atoms with van der Waals surface area (Å²) in [6.07, 6.45) is 1.39. The van der Waals surface area contributed by atoms with E-state index in [-0.39, 0.29) is 5.91 Å². The van der Waals surface area contributed by atoms with E-state index in [1.54, 1.807) is 23.1 Å². The fourth-order valence-electron chi connectivity index (χ4n) is 2.35. The largest absolute Gasteiger partial charge is 0.492 e. The van der Waals surface area contributed by atoms with Gasteiger partial charge in [0, 0.05) is 19.5 Å². The summed E-state index contributed by atoms with van der Waals surface area (Å²) in [5.41, 5.74) is 0. The van der Waals surface area contributed by atoms with Gasteiger partial charge in [-0.25, -0.2) is 0 Å². The minimum atomic E-state index is -0.839. The Morgan fingerprint density at radius 3 is 2.82 bits per heavy atom. The van der Waals surface area contributed by atoms with Gasteiger partial charge >= 0.3 is 5.97 Å². The summed E-state index contributed by atoms with van der Waals surface area (Å²) in [6, 6.07) is 5.13. The van der Waals surface area contributed by atoms with Crippen molar-refractivity contribution in [3.8, 4) is 5.75 Å². The number of carboxylic acids is 1. The molecule has 0 bridgehead atoms. The van der Waals surface area contributed by atoms with Crippen LogP contribution in [0.25, 0.3) is 0 Å². The highest BCUT2D eigenvalue weighted by atomic mass is 35.5. The molecule has 1 aliphatic heterocycles. The van der Waals surface area contributed by atoms with E-state index in [0.29, 0.717) is 54.8 Å². The molecule has 1 atom stereocenters. The van der Waals surface area contributed by atoms with Gasteiger partial charge in [-0.05, 0) is 25.0 Å². The summed E-state index contributed by atoms with van der Waals surface area (Å²) in [7, 11) is 0. The number of aliphatic carboxylic acids is 1. The fraction of sp³-hybridized carbons (Fsp3) is 0.467. The lowest BCUT2D eigenvalue weighted by Crippen LogP contribution is -2.30. The first-order chi connectivity index (χ1) is 10.5. The van der Waals surface area contributed by atoms with Crippen molar-refractivity contribution in [2.45, 2.75) is 19.3 Å². The van der Waals surface area contributed by atoms with Crippen LogP contribution in [0.4, 0.5) is 0 Å². The van der Waals surface area contributed by atoms with Crippen molar-refractivity contribution in [2.24, 2.45) is 5.92 Å². The lowest BCUT2D eigenvalue weighted by atomic mass is 10.1. The van der Waals surface area contributed by atoms with E-state index in [1.807, 2.05) is 0 Å². The first-order valence-electron chi connectivity index (χ1n) is 7.06. The minimum Gasteiger partial charge on any atom is -0.492 e. The fourth-order valence-corrected chi connectivity index (χ4v) is 2.69. The number of amides is 1. The SMILES string of the molecule is O=C(O)[C@H]1CCN(C(=O)CCCOc2cccc(Cl)c2Cl)C1. The van der Waals surface area contributed by atoms with Gasteiger partial charge in [0.1, 0.15) is 10.8 Å². The normalized spacial score (nSPS) is 17.5. The summed E-state index contributed by atoms with van der Waals surface area (Å²) in [5.74, 6) is -0.821. The second kappa shape index (κ2) is 7.70. The molecular weight excluding hydrogens is 329 g/mol. The molecular formula is C15H17Cl2NO4. The number of hydrogen-bond acceptors (Lipinski definition) is 3. The monoisotopic (exact) mass is 345 g/mol. The van der Waals surface area contributed by atoms with Gasteiger partial charge in [-0.1, -0.05) is 29.3 Å². The Kier molecular flexibility index (Phi) is 5.91. The second-order valence-corrected chi connectivity index (χ2v) is 5.95. The number of halogens is 2. The standard InChI is InChI=1S/C15H17Cl2NO4/c16-11-3-1-4-12(14(11)17)22-8-2-5-13(19)18-7-6-10(9-18)15(20)21/h1,3-4,10H,2,5-9H2,(H,20,21)/t10-/m0/s1. The lowest BCUT2D eigenvalue weighted by molar-refractivity contribution is -0.141. The van der Waals surface area contributed by atoms with Gasteiger partial charge < -0.3 is 14.7 Å². The van der Waals surface area contributed by atoms with Gasteiger partial charge in [0.15, 0.2) is 0 Å². The van der Waals surface area contributed by atoms with Crippen LogP contribution in [0.2, 0.25) is 10.0 Å². The number of ether oxygens (including phenoxy) is 1. The van der Waals surface area contributed by atoms with Crippen LogP contribution in [-0.2, 0) is 9.59 Å². The number of carbonyl (C=O) groups excluding carboxylic acids is 1. The third-order valence-corrected chi connectivity index (χ3v) is 4.40. The molecule has 1 N–H and O–H groups in total. The first-order valence-corrected chi connectivity index (χ1v) is 7.82. The molecule has 2 rings (SSSR count). The van der Waals surface area contributed by atoms with Crippen LogP contribution in [0.5, 0.6) is 5.75 Å². The molecule has 1 aromatic carbocycles. The summed E-state index contributed by atoms with van der Waals surface area (Å²) >= 11 is 11.9. The number of rotatable bonds is 6. The molecule has 0 aliphatic carbocycles. The smallest absolute Gasteiger partial charge is 0.308 e. The van der Waals surface area contributed by atoms with E-state index < -0.39 is 11.9 Å². The predicted octanol–water partition coefficient (Wildman–Crippen LogP) is 3.09. The molecule has 7 heteroatoms. The molecule has 0 saturated carbocycles. The van der Waals surface area contributed by atoms with Gasteiger partial charge in [0.25, 0.3) is 0 Å². The Morgan fingerprint density at radius 2 is 2.14 bits per heavy atom. The van der Waals surface area contributed by atoms with E-state index in [0.717, 1.165) is 0 Å². The molecule has 1 fully saturated rings. The molecule has 1 aliphatic rings. The van der Waals surface area contributed by atoms with Crippen molar-refractivity contribution in [1.82, 2.24) is 4.90 Å². The van der Waals surface area contributed by atoms with E-state index in [1.165, 1.54) is 0 Å². The number of carbonyl (C=O) groups is 2. The zero-order valence-corrected chi connectivity index (χ0v) is 13.4. The van der Waals surface area contributed by atoms with Crippen LogP contribution in [0.15, 0.2) is 18.2 Å². The number of carboxylic acid groups (broad SMARTS) is 1. The quantitative estimate of drug-likeness (QED) is 0.804. The van der Waals surface area contributed by atoms with Crippen LogP contribution < -0.4 is 4.74 Å². The maximum Gasteiger partial charge on any atom is 0.308 e. The molecule has 1 aromatic rings. The van der Waals surface area contributed by atoms with E-state index in [2.05, 4.69) is 0 Å². The molecule has 0 aromatic heterocycles. The van der Waals surface area contributed by atoms with Gasteiger partial charge in [0.2, 0.25) is 5.91 Å².